The van der Waals surface area contributed by atoms with Crippen molar-refractivity contribution in [3.63, 3.8) is 0 Å². The van der Waals surface area contributed by atoms with E-state index in [1.807, 2.05) is 24.3 Å². The highest BCUT2D eigenvalue weighted by Gasteiger charge is 2.44. The predicted molar refractivity (Wildman–Crippen MR) is 76.3 cm³/mol. The Labute approximate surface area is 120 Å². The Kier molecular flexibility index (Phi) is 3.82. The number of nitrogens with one attached hydrogen (secondary N) is 1. The molecule has 2 bridgehead atoms. The van der Waals surface area contributed by atoms with Gasteiger partial charge < -0.3 is 19.9 Å². The zero-order chi connectivity index (χ0) is 14.2. The lowest BCUT2D eigenvalue weighted by molar-refractivity contribution is -0.109. The van der Waals surface area contributed by atoms with Gasteiger partial charge in [-0.25, -0.2) is 0 Å². The number of fused-ring (bicyclic) bond motifs is 2. The first-order valence-corrected chi connectivity index (χ1v) is 7.29. The van der Waals surface area contributed by atoms with Crippen LogP contribution >= 0.6 is 0 Å². The Morgan fingerprint density at radius 1 is 1.15 bits per heavy atom. The van der Waals surface area contributed by atoms with Crippen LogP contribution in [-0.4, -0.2) is 31.4 Å². The standard InChI is InChI=1S/C16H23NO3/c1-19-15(20-2)13-5-3-4-6-14(13)16(18)9-11-7-8-12(10-16)17-11/h3-6,11-12,15,17-18H,7-10H2,1-2H3. The molecule has 2 aliphatic rings. The molecule has 110 valence electrons. The fraction of sp³-hybridized carbons (Fsp3) is 0.625. The molecular formula is C16H23NO3. The first-order chi connectivity index (χ1) is 9.66. The average molecular weight is 277 g/mol. The predicted octanol–water partition coefficient (Wildman–Crippen LogP) is 2.08. The summed E-state index contributed by atoms with van der Waals surface area (Å²) in [7, 11) is 3.25. The van der Waals surface area contributed by atoms with E-state index in [1.54, 1.807) is 14.2 Å². The number of rotatable bonds is 4. The van der Waals surface area contributed by atoms with Crippen molar-refractivity contribution in [2.45, 2.75) is 49.7 Å². The van der Waals surface area contributed by atoms with Crippen LogP contribution in [0.5, 0.6) is 0 Å². The van der Waals surface area contributed by atoms with Crippen LogP contribution in [0.25, 0.3) is 0 Å². The van der Waals surface area contributed by atoms with E-state index in [1.165, 1.54) is 0 Å². The van der Waals surface area contributed by atoms with Gasteiger partial charge in [0, 0.05) is 31.9 Å². The molecule has 3 rings (SSSR count). The molecule has 1 aromatic carbocycles. The first kappa shape index (κ1) is 14.0. The van der Waals surface area contributed by atoms with Crippen LogP contribution in [-0.2, 0) is 15.1 Å². The van der Waals surface area contributed by atoms with Crippen LogP contribution in [0.2, 0.25) is 0 Å². The summed E-state index contributed by atoms with van der Waals surface area (Å²) < 4.78 is 10.8. The van der Waals surface area contributed by atoms with Crippen molar-refractivity contribution < 1.29 is 14.6 Å². The molecule has 0 radical (unpaired) electrons. The molecule has 2 aliphatic heterocycles. The summed E-state index contributed by atoms with van der Waals surface area (Å²) in [5.74, 6) is 0. The summed E-state index contributed by atoms with van der Waals surface area (Å²) in [6.45, 7) is 0. The Morgan fingerprint density at radius 3 is 2.35 bits per heavy atom. The van der Waals surface area contributed by atoms with Crippen molar-refractivity contribution in [3.05, 3.63) is 35.4 Å². The van der Waals surface area contributed by atoms with Crippen LogP contribution < -0.4 is 5.32 Å². The van der Waals surface area contributed by atoms with Crippen molar-refractivity contribution in [1.82, 2.24) is 5.32 Å². The quantitative estimate of drug-likeness (QED) is 0.827. The molecule has 2 N–H and O–H groups in total. The molecule has 20 heavy (non-hydrogen) atoms. The molecular weight excluding hydrogens is 254 g/mol. The van der Waals surface area contributed by atoms with Gasteiger partial charge in [0.15, 0.2) is 6.29 Å². The Morgan fingerprint density at radius 2 is 1.75 bits per heavy atom. The summed E-state index contributed by atoms with van der Waals surface area (Å²) in [6.07, 6.45) is 3.42. The third-order valence-electron chi connectivity index (χ3n) is 4.65. The van der Waals surface area contributed by atoms with Gasteiger partial charge in [0.25, 0.3) is 0 Å². The van der Waals surface area contributed by atoms with Gasteiger partial charge in [-0.15, -0.1) is 0 Å². The van der Waals surface area contributed by atoms with Crippen LogP contribution in [0.1, 0.15) is 43.1 Å². The third-order valence-corrected chi connectivity index (χ3v) is 4.65. The maximum Gasteiger partial charge on any atom is 0.183 e. The van der Waals surface area contributed by atoms with Crippen LogP contribution in [0, 0.1) is 0 Å². The van der Waals surface area contributed by atoms with E-state index in [0.717, 1.165) is 36.8 Å². The maximum atomic E-state index is 11.2. The molecule has 4 nitrogen and oxygen atoms in total. The average Bonchev–Trinajstić information content (AvgIpc) is 2.80. The molecule has 1 aromatic rings. The van der Waals surface area contributed by atoms with Crippen LogP contribution in [0.3, 0.4) is 0 Å². The van der Waals surface area contributed by atoms with Gasteiger partial charge in [0.1, 0.15) is 0 Å². The van der Waals surface area contributed by atoms with Gasteiger partial charge in [-0.1, -0.05) is 24.3 Å². The van der Waals surface area contributed by atoms with E-state index in [4.69, 9.17) is 9.47 Å². The molecule has 0 aliphatic carbocycles. The zero-order valence-corrected chi connectivity index (χ0v) is 12.1. The number of aliphatic hydroxyl groups is 1. The zero-order valence-electron chi connectivity index (χ0n) is 12.1. The van der Waals surface area contributed by atoms with Gasteiger partial charge in [-0.2, -0.15) is 0 Å². The van der Waals surface area contributed by atoms with E-state index in [9.17, 15) is 5.11 Å². The molecule has 0 spiro atoms. The highest BCUT2D eigenvalue weighted by molar-refractivity contribution is 5.35. The minimum Gasteiger partial charge on any atom is -0.385 e. The van der Waals surface area contributed by atoms with Crippen molar-refractivity contribution in [1.29, 1.82) is 0 Å². The lowest BCUT2D eigenvalue weighted by Gasteiger charge is -2.39. The number of benzene rings is 1. The Hall–Kier alpha value is -0.940. The SMILES string of the molecule is COC(OC)c1ccccc1C1(O)CC2CCC(C1)N2. The fourth-order valence-corrected chi connectivity index (χ4v) is 3.82. The highest BCUT2D eigenvalue weighted by atomic mass is 16.7. The minimum absolute atomic E-state index is 0.426. The normalized spacial score (nSPS) is 32.8. The van der Waals surface area contributed by atoms with E-state index in [-0.39, 0.29) is 0 Å². The number of hydrogen-bond acceptors (Lipinski definition) is 4. The van der Waals surface area contributed by atoms with Crippen molar-refractivity contribution in [2.75, 3.05) is 14.2 Å². The maximum absolute atomic E-state index is 11.2. The van der Waals surface area contributed by atoms with Gasteiger partial charge in [0.05, 0.1) is 5.60 Å². The molecule has 2 unspecified atom stereocenters. The van der Waals surface area contributed by atoms with E-state index in [2.05, 4.69) is 5.32 Å². The van der Waals surface area contributed by atoms with Crippen LogP contribution in [0.4, 0.5) is 0 Å². The van der Waals surface area contributed by atoms with Crippen LogP contribution in [0.15, 0.2) is 24.3 Å². The highest BCUT2D eigenvalue weighted by Crippen LogP contribution is 2.43. The van der Waals surface area contributed by atoms with Crippen molar-refractivity contribution in [3.8, 4) is 0 Å². The molecule has 4 heteroatoms. The second kappa shape index (κ2) is 5.45. The monoisotopic (exact) mass is 277 g/mol. The summed E-state index contributed by atoms with van der Waals surface area (Å²) >= 11 is 0. The molecule has 2 atom stereocenters. The Balaban J connectivity index is 1.97. The molecule has 2 heterocycles. The minimum atomic E-state index is -0.775. The summed E-state index contributed by atoms with van der Waals surface area (Å²) in [4.78, 5) is 0. The number of ether oxygens (including phenoxy) is 2. The summed E-state index contributed by atoms with van der Waals surface area (Å²) in [5.41, 5.74) is 1.11. The summed E-state index contributed by atoms with van der Waals surface area (Å²) in [6, 6.07) is 8.78. The summed E-state index contributed by atoms with van der Waals surface area (Å²) in [5, 5.41) is 14.8. The van der Waals surface area contributed by atoms with Gasteiger partial charge in [0.2, 0.25) is 0 Å². The van der Waals surface area contributed by atoms with Gasteiger partial charge in [-0.3, -0.25) is 0 Å². The number of hydrogen-bond donors (Lipinski definition) is 2. The fourth-order valence-electron chi connectivity index (χ4n) is 3.82. The smallest absolute Gasteiger partial charge is 0.183 e. The molecule has 0 amide bonds. The Bertz CT molecular complexity index is 461. The number of methoxy groups -OCH3 is 2. The first-order valence-electron chi connectivity index (χ1n) is 7.29. The second-order valence-corrected chi connectivity index (χ2v) is 5.97. The lowest BCUT2D eigenvalue weighted by Crippen LogP contribution is -2.47. The largest absolute Gasteiger partial charge is 0.385 e. The van der Waals surface area contributed by atoms with E-state index in [0.29, 0.717) is 12.1 Å². The van der Waals surface area contributed by atoms with E-state index < -0.39 is 11.9 Å². The van der Waals surface area contributed by atoms with Crippen molar-refractivity contribution in [2.24, 2.45) is 0 Å². The molecule has 2 fully saturated rings. The molecule has 0 saturated carbocycles. The topological polar surface area (TPSA) is 50.7 Å². The van der Waals surface area contributed by atoms with Crippen molar-refractivity contribution >= 4 is 0 Å². The van der Waals surface area contributed by atoms with Gasteiger partial charge in [-0.05, 0) is 31.2 Å². The second-order valence-electron chi connectivity index (χ2n) is 5.97. The lowest BCUT2D eigenvalue weighted by atomic mass is 9.79. The van der Waals surface area contributed by atoms with Gasteiger partial charge >= 0.3 is 0 Å². The molecule has 0 aromatic heterocycles. The van der Waals surface area contributed by atoms with E-state index >= 15 is 0 Å². The molecule has 2 saturated heterocycles. The third kappa shape index (κ3) is 2.37. The number of piperidine rings is 1.